The number of nitrogens with two attached hydrogens (primary N) is 1. The molecule has 0 aromatic carbocycles. The van der Waals surface area contributed by atoms with Crippen LogP contribution in [-0.4, -0.2) is 29.0 Å². The summed E-state index contributed by atoms with van der Waals surface area (Å²) in [7, 11) is 2.20. The number of aryl methyl sites for hydroxylation is 1. The van der Waals surface area contributed by atoms with Gasteiger partial charge in [-0.3, -0.25) is 9.88 Å². The zero-order valence-corrected chi connectivity index (χ0v) is 10.9. The molecule has 3 nitrogen and oxygen atoms in total. The SMILES string of the molecule is Cc1cccc(CN(C)C2CCC(N)CC2)n1. The van der Waals surface area contributed by atoms with Crippen LogP contribution < -0.4 is 5.73 Å². The Bertz CT molecular complexity index is 356. The van der Waals surface area contributed by atoms with Crippen LogP contribution in [0.5, 0.6) is 0 Å². The summed E-state index contributed by atoms with van der Waals surface area (Å²) in [5, 5.41) is 0. The zero-order chi connectivity index (χ0) is 12.3. The first-order chi connectivity index (χ1) is 8.15. The van der Waals surface area contributed by atoms with E-state index in [1.807, 2.05) is 13.0 Å². The molecule has 3 heteroatoms. The molecule has 0 atom stereocenters. The quantitative estimate of drug-likeness (QED) is 0.869. The molecule has 0 bridgehead atoms. The van der Waals surface area contributed by atoms with Crippen LogP contribution in [0, 0.1) is 6.92 Å². The first-order valence-corrected chi connectivity index (χ1v) is 6.53. The number of aromatic nitrogens is 1. The van der Waals surface area contributed by atoms with Crippen molar-refractivity contribution in [1.82, 2.24) is 9.88 Å². The average molecular weight is 233 g/mol. The van der Waals surface area contributed by atoms with Crippen molar-refractivity contribution in [2.75, 3.05) is 7.05 Å². The summed E-state index contributed by atoms with van der Waals surface area (Å²) in [4.78, 5) is 6.98. The lowest BCUT2D eigenvalue weighted by Gasteiger charge is -2.33. The normalized spacial score (nSPS) is 25.2. The van der Waals surface area contributed by atoms with Crippen LogP contribution in [0.15, 0.2) is 18.2 Å². The standard InChI is InChI=1S/C14H23N3/c1-11-4-3-5-13(16-11)10-17(2)14-8-6-12(15)7-9-14/h3-5,12,14H,6-10,15H2,1-2H3. The topological polar surface area (TPSA) is 42.1 Å². The van der Waals surface area contributed by atoms with E-state index in [1.54, 1.807) is 0 Å². The molecule has 0 spiro atoms. The first kappa shape index (κ1) is 12.5. The van der Waals surface area contributed by atoms with E-state index in [4.69, 9.17) is 5.73 Å². The van der Waals surface area contributed by atoms with Gasteiger partial charge < -0.3 is 5.73 Å². The van der Waals surface area contributed by atoms with Gasteiger partial charge in [0, 0.05) is 24.3 Å². The van der Waals surface area contributed by atoms with Crippen molar-refractivity contribution < 1.29 is 0 Å². The first-order valence-electron chi connectivity index (χ1n) is 6.53. The molecule has 0 saturated heterocycles. The van der Waals surface area contributed by atoms with Crippen molar-refractivity contribution in [2.45, 2.75) is 51.2 Å². The van der Waals surface area contributed by atoms with Crippen LogP contribution in [-0.2, 0) is 6.54 Å². The second-order valence-corrected chi connectivity index (χ2v) is 5.25. The highest BCUT2D eigenvalue weighted by Crippen LogP contribution is 2.22. The lowest BCUT2D eigenvalue weighted by molar-refractivity contribution is 0.174. The van der Waals surface area contributed by atoms with Gasteiger partial charge in [0.25, 0.3) is 0 Å². The highest BCUT2D eigenvalue weighted by molar-refractivity contribution is 5.09. The molecule has 1 aliphatic carbocycles. The molecular formula is C14H23N3. The fraction of sp³-hybridized carbons (Fsp3) is 0.643. The molecule has 0 radical (unpaired) electrons. The number of nitrogens with zero attached hydrogens (tertiary/aromatic N) is 2. The Morgan fingerprint density at radius 2 is 2.00 bits per heavy atom. The number of pyridine rings is 1. The molecule has 1 aromatic heterocycles. The van der Waals surface area contributed by atoms with Crippen LogP contribution in [0.3, 0.4) is 0 Å². The van der Waals surface area contributed by atoms with E-state index in [0.717, 1.165) is 25.1 Å². The third kappa shape index (κ3) is 3.51. The molecule has 0 unspecified atom stereocenters. The molecule has 1 aliphatic rings. The van der Waals surface area contributed by atoms with Gasteiger partial charge in [-0.15, -0.1) is 0 Å². The van der Waals surface area contributed by atoms with Gasteiger partial charge in [-0.1, -0.05) is 6.07 Å². The van der Waals surface area contributed by atoms with Crippen molar-refractivity contribution in [3.8, 4) is 0 Å². The van der Waals surface area contributed by atoms with Gasteiger partial charge in [0.2, 0.25) is 0 Å². The van der Waals surface area contributed by atoms with Crippen LogP contribution in [0.4, 0.5) is 0 Å². The van der Waals surface area contributed by atoms with Crippen LogP contribution in [0.25, 0.3) is 0 Å². The molecular weight excluding hydrogens is 210 g/mol. The maximum absolute atomic E-state index is 5.94. The van der Waals surface area contributed by atoms with Gasteiger partial charge in [-0.25, -0.2) is 0 Å². The van der Waals surface area contributed by atoms with Crippen molar-refractivity contribution in [3.05, 3.63) is 29.6 Å². The number of hydrogen-bond acceptors (Lipinski definition) is 3. The maximum atomic E-state index is 5.94. The largest absolute Gasteiger partial charge is 0.328 e. The molecule has 94 valence electrons. The zero-order valence-electron chi connectivity index (χ0n) is 10.9. The minimum absolute atomic E-state index is 0.428. The Hall–Kier alpha value is -0.930. The van der Waals surface area contributed by atoms with Gasteiger partial charge in [0.15, 0.2) is 0 Å². The van der Waals surface area contributed by atoms with E-state index in [0.29, 0.717) is 12.1 Å². The smallest absolute Gasteiger partial charge is 0.0547 e. The van der Waals surface area contributed by atoms with Gasteiger partial charge >= 0.3 is 0 Å². The van der Waals surface area contributed by atoms with Crippen LogP contribution in [0.1, 0.15) is 37.1 Å². The summed E-state index contributed by atoms with van der Waals surface area (Å²) in [6, 6.07) is 7.34. The fourth-order valence-corrected chi connectivity index (χ4v) is 2.61. The molecule has 1 heterocycles. The van der Waals surface area contributed by atoms with Crippen LogP contribution >= 0.6 is 0 Å². The minimum Gasteiger partial charge on any atom is -0.328 e. The van der Waals surface area contributed by atoms with Crippen LogP contribution in [0.2, 0.25) is 0 Å². The highest BCUT2D eigenvalue weighted by atomic mass is 15.1. The predicted octanol–water partition coefficient (Wildman–Crippen LogP) is 2.09. The van der Waals surface area contributed by atoms with E-state index in [2.05, 4.69) is 29.1 Å². The molecule has 1 saturated carbocycles. The Labute approximate surface area is 104 Å². The molecule has 1 fully saturated rings. The monoisotopic (exact) mass is 233 g/mol. The Balaban J connectivity index is 1.90. The third-order valence-electron chi connectivity index (χ3n) is 3.72. The molecule has 2 N–H and O–H groups in total. The van der Waals surface area contributed by atoms with Crippen molar-refractivity contribution in [3.63, 3.8) is 0 Å². The van der Waals surface area contributed by atoms with Gasteiger partial charge in [-0.2, -0.15) is 0 Å². The van der Waals surface area contributed by atoms with E-state index >= 15 is 0 Å². The second kappa shape index (κ2) is 5.61. The van der Waals surface area contributed by atoms with E-state index in [9.17, 15) is 0 Å². The second-order valence-electron chi connectivity index (χ2n) is 5.25. The van der Waals surface area contributed by atoms with Crippen molar-refractivity contribution in [2.24, 2.45) is 5.73 Å². The van der Waals surface area contributed by atoms with Crippen molar-refractivity contribution >= 4 is 0 Å². The van der Waals surface area contributed by atoms with E-state index in [1.165, 1.54) is 18.5 Å². The van der Waals surface area contributed by atoms with Gasteiger partial charge in [0.1, 0.15) is 0 Å². The summed E-state index contributed by atoms with van der Waals surface area (Å²) in [6.07, 6.45) is 4.78. The molecule has 1 aromatic rings. The lowest BCUT2D eigenvalue weighted by atomic mass is 9.91. The van der Waals surface area contributed by atoms with Gasteiger partial charge in [-0.05, 0) is 51.8 Å². The molecule has 2 rings (SSSR count). The lowest BCUT2D eigenvalue weighted by Crippen LogP contribution is -2.38. The highest BCUT2D eigenvalue weighted by Gasteiger charge is 2.21. The fourth-order valence-electron chi connectivity index (χ4n) is 2.61. The van der Waals surface area contributed by atoms with E-state index in [-0.39, 0.29) is 0 Å². The summed E-state index contributed by atoms with van der Waals surface area (Å²) < 4.78 is 0. The molecule has 0 aliphatic heterocycles. The summed E-state index contributed by atoms with van der Waals surface area (Å²) in [5.74, 6) is 0. The Morgan fingerprint density at radius 3 is 2.65 bits per heavy atom. The molecule has 17 heavy (non-hydrogen) atoms. The number of hydrogen-bond donors (Lipinski definition) is 1. The van der Waals surface area contributed by atoms with Gasteiger partial charge in [0.05, 0.1) is 5.69 Å². The van der Waals surface area contributed by atoms with Crippen molar-refractivity contribution in [1.29, 1.82) is 0 Å². The maximum Gasteiger partial charge on any atom is 0.0547 e. The molecule has 0 amide bonds. The Kier molecular flexibility index (Phi) is 4.13. The number of rotatable bonds is 3. The van der Waals surface area contributed by atoms with E-state index < -0.39 is 0 Å². The predicted molar refractivity (Wildman–Crippen MR) is 70.7 cm³/mol. The summed E-state index contributed by atoms with van der Waals surface area (Å²) in [6.45, 7) is 2.99. The third-order valence-corrected chi connectivity index (χ3v) is 3.72. The summed E-state index contributed by atoms with van der Waals surface area (Å²) in [5.41, 5.74) is 8.21. The Morgan fingerprint density at radius 1 is 1.29 bits per heavy atom. The summed E-state index contributed by atoms with van der Waals surface area (Å²) >= 11 is 0. The minimum atomic E-state index is 0.428. The average Bonchev–Trinajstić information content (AvgIpc) is 2.29.